The zero-order valence-corrected chi connectivity index (χ0v) is 33.8. The Balaban J connectivity index is 0.923. The molecule has 0 saturated heterocycles. The van der Waals surface area contributed by atoms with Gasteiger partial charge in [-0.2, -0.15) is 0 Å². The minimum absolute atomic E-state index is 0.0188. The van der Waals surface area contributed by atoms with Crippen LogP contribution in [0, 0.1) is 23.7 Å². The van der Waals surface area contributed by atoms with Crippen LogP contribution in [-0.4, -0.2) is 11.9 Å². The molecule has 0 aliphatic heterocycles. The Bertz CT molecular complexity index is 2270. The summed E-state index contributed by atoms with van der Waals surface area (Å²) in [6.45, 7) is 0. The van der Waals surface area contributed by atoms with Gasteiger partial charge in [0.2, 0.25) is 0 Å². The van der Waals surface area contributed by atoms with Crippen molar-refractivity contribution in [2.24, 2.45) is 23.7 Å². The molecule has 57 heavy (non-hydrogen) atoms. The zero-order chi connectivity index (χ0) is 38.6. The molecule has 6 aromatic rings. The quantitative estimate of drug-likeness (QED) is 0.0745. The molecule has 3 fully saturated rings. The first-order chi connectivity index (χ1) is 28.1. The van der Waals surface area contributed by atoms with E-state index in [1.165, 1.54) is 55.1 Å². The van der Waals surface area contributed by atoms with Gasteiger partial charge in [0.05, 0.1) is 33.6 Å². The SMILES string of the molecule is O=C(Oc1ccc([S+](c2ccccc2)c2ccc(-c3ccc([S+](c4ccccc4)c4ccc(OC(=O)C5CC6CCC5C6)cc4)cc3)cc2)cc1)C1CCCCC1. The second-order valence-corrected chi connectivity index (χ2v) is 19.7. The standard InChI is InChI=1S/C51H48O4S2/c52-50(39-10-4-1-5-11-39)54-41-22-30-47(31-23-41)56(43-12-6-2-7-13-43)45-26-18-37(19-27-45)38-20-28-46(29-21-38)57(44-14-8-3-9-15-44)48-32-24-42(25-33-48)55-51(53)49-35-36-16-17-40(49)34-36/h2-3,6-9,12-15,18-33,36,39-40,49H,1,4-5,10-11,16-17,34-35H2/q+2. The molecule has 0 radical (unpaired) electrons. The minimum atomic E-state index is -0.330. The van der Waals surface area contributed by atoms with Crippen LogP contribution in [0.25, 0.3) is 11.1 Å². The molecule has 4 nitrogen and oxygen atoms in total. The number of fused-ring (bicyclic) bond motifs is 2. The predicted molar refractivity (Wildman–Crippen MR) is 229 cm³/mol. The van der Waals surface area contributed by atoms with Crippen molar-refractivity contribution in [3.63, 3.8) is 0 Å². The number of benzene rings is 6. The Morgan fingerprint density at radius 3 is 1.26 bits per heavy atom. The lowest BCUT2D eigenvalue weighted by molar-refractivity contribution is -0.141. The second-order valence-electron chi connectivity index (χ2n) is 15.7. The molecule has 0 spiro atoms. The summed E-state index contributed by atoms with van der Waals surface area (Å²) in [5.74, 6) is 2.39. The highest BCUT2D eigenvalue weighted by Gasteiger charge is 2.44. The van der Waals surface area contributed by atoms with E-state index in [2.05, 4.69) is 133 Å². The molecule has 6 aromatic carbocycles. The van der Waals surface area contributed by atoms with Crippen LogP contribution in [0.4, 0.5) is 0 Å². The lowest BCUT2D eigenvalue weighted by atomic mass is 9.89. The van der Waals surface area contributed by atoms with Crippen molar-refractivity contribution in [2.75, 3.05) is 0 Å². The van der Waals surface area contributed by atoms with E-state index in [4.69, 9.17) is 9.47 Å². The van der Waals surface area contributed by atoms with E-state index in [9.17, 15) is 9.59 Å². The fourth-order valence-corrected chi connectivity index (χ4v) is 13.2. The summed E-state index contributed by atoms with van der Waals surface area (Å²) in [5, 5.41) is 0. The zero-order valence-electron chi connectivity index (χ0n) is 32.1. The minimum Gasteiger partial charge on any atom is -0.426 e. The van der Waals surface area contributed by atoms with E-state index >= 15 is 0 Å². The van der Waals surface area contributed by atoms with Crippen LogP contribution in [0.15, 0.2) is 187 Å². The van der Waals surface area contributed by atoms with Crippen molar-refractivity contribution in [2.45, 2.75) is 87.2 Å². The van der Waals surface area contributed by atoms with E-state index in [0.717, 1.165) is 43.2 Å². The third kappa shape index (κ3) is 8.49. The topological polar surface area (TPSA) is 52.6 Å². The number of carbonyl (C=O) groups is 2. The number of hydrogen-bond donors (Lipinski definition) is 0. The smallest absolute Gasteiger partial charge is 0.314 e. The number of rotatable bonds is 11. The van der Waals surface area contributed by atoms with E-state index in [0.29, 0.717) is 23.3 Å². The van der Waals surface area contributed by atoms with Gasteiger partial charge in [0.1, 0.15) is 11.5 Å². The summed E-state index contributed by atoms with van der Waals surface area (Å²) in [5.41, 5.74) is 2.32. The average molecular weight is 789 g/mol. The van der Waals surface area contributed by atoms with Gasteiger partial charge < -0.3 is 9.47 Å². The van der Waals surface area contributed by atoms with Gasteiger partial charge in [-0.25, -0.2) is 0 Å². The lowest BCUT2D eigenvalue weighted by Gasteiger charge is -2.19. The molecular formula is C51H48O4S2+2. The second kappa shape index (κ2) is 17.2. The van der Waals surface area contributed by atoms with Gasteiger partial charge in [-0.3, -0.25) is 9.59 Å². The monoisotopic (exact) mass is 788 g/mol. The van der Waals surface area contributed by atoms with Gasteiger partial charge in [0, 0.05) is 0 Å². The van der Waals surface area contributed by atoms with Gasteiger partial charge >= 0.3 is 11.9 Å². The molecule has 9 rings (SSSR count). The maximum Gasteiger partial charge on any atom is 0.314 e. The molecule has 6 heteroatoms. The maximum absolute atomic E-state index is 13.0. The van der Waals surface area contributed by atoms with E-state index in [-0.39, 0.29) is 45.6 Å². The van der Waals surface area contributed by atoms with Gasteiger partial charge in [0.15, 0.2) is 29.4 Å². The van der Waals surface area contributed by atoms with Crippen molar-refractivity contribution in [3.05, 3.63) is 158 Å². The lowest BCUT2D eigenvalue weighted by Crippen LogP contribution is -2.25. The van der Waals surface area contributed by atoms with Crippen molar-refractivity contribution in [1.82, 2.24) is 0 Å². The Kier molecular flexibility index (Phi) is 11.3. The van der Waals surface area contributed by atoms with Crippen LogP contribution in [0.3, 0.4) is 0 Å². The van der Waals surface area contributed by atoms with E-state index in [1.54, 1.807) is 0 Å². The van der Waals surface area contributed by atoms with Gasteiger partial charge in [-0.05, 0) is 176 Å². The highest BCUT2D eigenvalue weighted by atomic mass is 32.2. The number of carbonyl (C=O) groups excluding carboxylic acids is 2. The summed E-state index contributed by atoms with van der Waals surface area (Å²) < 4.78 is 11.7. The molecule has 5 unspecified atom stereocenters. The highest BCUT2D eigenvalue weighted by molar-refractivity contribution is 7.97. The molecule has 5 atom stereocenters. The summed E-state index contributed by atoms with van der Waals surface area (Å²) in [7, 11) is -0.660. The van der Waals surface area contributed by atoms with Crippen molar-refractivity contribution >= 4 is 33.7 Å². The summed E-state index contributed by atoms with van der Waals surface area (Å²) >= 11 is 0. The molecule has 286 valence electrons. The van der Waals surface area contributed by atoms with E-state index < -0.39 is 0 Å². The molecule has 0 aromatic heterocycles. The number of esters is 2. The molecular weight excluding hydrogens is 741 g/mol. The van der Waals surface area contributed by atoms with Gasteiger partial charge in [-0.1, -0.05) is 62.1 Å². The number of hydrogen-bond acceptors (Lipinski definition) is 4. The average Bonchev–Trinajstić information content (AvgIpc) is 3.92. The Morgan fingerprint density at radius 1 is 0.421 bits per heavy atom. The van der Waals surface area contributed by atoms with Gasteiger partial charge in [0.25, 0.3) is 0 Å². The first-order valence-electron chi connectivity index (χ1n) is 20.5. The molecule has 3 aliphatic rings. The predicted octanol–water partition coefficient (Wildman–Crippen LogP) is 12.4. The molecule has 2 bridgehead atoms. The molecule has 0 heterocycles. The fraction of sp³-hybridized carbons (Fsp3) is 0.255. The van der Waals surface area contributed by atoms with Crippen molar-refractivity contribution in [1.29, 1.82) is 0 Å². The summed E-state index contributed by atoms with van der Waals surface area (Å²) in [6, 6.07) is 55.4. The Labute approximate surface area is 342 Å². The van der Waals surface area contributed by atoms with Crippen molar-refractivity contribution in [3.8, 4) is 22.6 Å². The summed E-state index contributed by atoms with van der Waals surface area (Å²) in [4.78, 5) is 33.2. The van der Waals surface area contributed by atoms with Crippen LogP contribution in [-0.2, 0) is 31.4 Å². The molecule has 0 N–H and O–H groups in total. The highest BCUT2D eigenvalue weighted by Crippen LogP contribution is 2.49. The molecule has 3 aliphatic carbocycles. The van der Waals surface area contributed by atoms with Crippen LogP contribution in [0.2, 0.25) is 0 Å². The van der Waals surface area contributed by atoms with Crippen LogP contribution < -0.4 is 9.47 Å². The normalized spacial score (nSPS) is 20.1. The first kappa shape index (κ1) is 37.5. The summed E-state index contributed by atoms with van der Waals surface area (Å²) in [6.07, 6.45) is 9.90. The van der Waals surface area contributed by atoms with Crippen LogP contribution >= 0.6 is 0 Å². The molecule has 3 saturated carbocycles. The van der Waals surface area contributed by atoms with Crippen LogP contribution in [0.5, 0.6) is 11.5 Å². The van der Waals surface area contributed by atoms with E-state index in [1.807, 2.05) is 24.3 Å². The number of ether oxygens (including phenoxy) is 2. The Morgan fingerprint density at radius 2 is 0.842 bits per heavy atom. The largest absolute Gasteiger partial charge is 0.426 e. The third-order valence-corrected chi connectivity index (χ3v) is 16.5. The molecule has 0 amide bonds. The van der Waals surface area contributed by atoms with Crippen LogP contribution in [0.1, 0.15) is 57.8 Å². The maximum atomic E-state index is 13.0. The fourth-order valence-electron chi connectivity index (χ4n) is 9.05. The van der Waals surface area contributed by atoms with Crippen molar-refractivity contribution < 1.29 is 19.1 Å². The first-order valence-corrected chi connectivity index (χ1v) is 22.9. The Hall–Kier alpha value is -5.04. The van der Waals surface area contributed by atoms with Gasteiger partial charge in [-0.15, -0.1) is 0 Å². The third-order valence-electron chi connectivity index (χ3n) is 12.0.